The minimum absolute atomic E-state index is 0.0231. The van der Waals surface area contributed by atoms with E-state index in [9.17, 15) is 78.5 Å². The fraction of sp³-hybridized carbons (Fsp3) is 0.494. The summed E-state index contributed by atoms with van der Waals surface area (Å²) >= 11 is 10.6. The van der Waals surface area contributed by atoms with Crippen LogP contribution in [0.3, 0.4) is 0 Å². The van der Waals surface area contributed by atoms with Crippen LogP contribution in [-0.2, 0) is 52.2 Å². The quantitative estimate of drug-likeness (QED) is 0.0246. The van der Waals surface area contributed by atoms with Crippen LogP contribution < -0.4 is 14.2 Å². The van der Waals surface area contributed by atoms with E-state index in [1.807, 2.05) is 29.9 Å². The number of alkyl halides is 10. The van der Waals surface area contributed by atoms with Gasteiger partial charge in [0, 0.05) is 121 Å². The summed E-state index contributed by atoms with van der Waals surface area (Å²) in [5.41, 5.74) is 2.38. The van der Waals surface area contributed by atoms with E-state index in [2.05, 4.69) is 57.6 Å². The average molecular weight is 1650 g/mol. The lowest BCUT2D eigenvalue weighted by molar-refractivity contribution is -0.146. The summed E-state index contributed by atoms with van der Waals surface area (Å²) in [6.45, 7) is 15.2. The van der Waals surface area contributed by atoms with Crippen LogP contribution in [0.4, 0.5) is 39.5 Å². The highest BCUT2D eigenvalue weighted by Gasteiger charge is 2.39. The van der Waals surface area contributed by atoms with Crippen molar-refractivity contribution in [2.75, 3.05) is 25.7 Å². The Kier molecular flexibility index (Phi) is 29.2. The summed E-state index contributed by atoms with van der Waals surface area (Å²) in [6.07, 6.45) is 6.72. The van der Waals surface area contributed by atoms with Crippen molar-refractivity contribution in [1.29, 1.82) is 0 Å². The molecular weight excluding hydrogens is 1560 g/mol. The van der Waals surface area contributed by atoms with E-state index in [-0.39, 0.29) is 89.1 Å². The van der Waals surface area contributed by atoms with Gasteiger partial charge >= 0.3 is 24.5 Å². The number of aliphatic hydroxyl groups excluding tert-OH is 2. The SMILES string of the molecule is CC1CC(C(=O)CCl)C1.CC1CC(C(=O)Cl)C1.CC1CC(C(=O)O)C1.CCOc1cc2nc(C3CC(C)C3)cn2cc1CC(=O)c1cccc(C(F)(F)F)n1.CCOc1cc2nc(C3CC(O)C3)cn2cc1CC(=O)c1cccc(C(F)(F)F)n1.CCOc1cc2nc(C3CC(O)C3)cn2cc1CC(=O)c1cccc(C(F)(F)F)n1. The number of halogens is 11. The first-order valence-electron chi connectivity index (χ1n) is 38.4. The fourth-order valence-electron chi connectivity index (χ4n) is 14.4. The van der Waals surface area contributed by atoms with Gasteiger partial charge in [0.1, 0.15) is 68.4 Å². The maximum atomic E-state index is 12.9. The van der Waals surface area contributed by atoms with E-state index in [0.717, 1.165) is 104 Å². The van der Waals surface area contributed by atoms with Crippen molar-refractivity contribution in [2.24, 2.45) is 41.4 Å². The number of aliphatic carboxylic acids is 1. The van der Waals surface area contributed by atoms with Crippen LogP contribution in [0.25, 0.3) is 16.9 Å². The van der Waals surface area contributed by atoms with E-state index in [0.29, 0.717) is 114 Å². The largest absolute Gasteiger partial charge is 0.493 e. The zero-order chi connectivity index (χ0) is 83.5. The Morgan fingerprint density at radius 1 is 0.426 bits per heavy atom. The predicted octanol–water partition coefficient (Wildman–Crippen LogP) is 17.5. The summed E-state index contributed by atoms with van der Waals surface area (Å²) < 4.78 is 139. The van der Waals surface area contributed by atoms with Crippen LogP contribution in [-0.4, -0.2) is 131 Å². The Morgan fingerprint density at radius 2 is 0.713 bits per heavy atom. The number of aromatic nitrogens is 9. The molecule has 9 aromatic heterocycles. The number of carbonyl (C=O) groups is 6. The molecule has 115 heavy (non-hydrogen) atoms. The first-order chi connectivity index (χ1) is 54.4. The monoisotopic (exact) mass is 1650 g/mol. The van der Waals surface area contributed by atoms with Crippen molar-refractivity contribution in [3.8, 4) is 17.2 Å². The number of hydrogen-bond donors (Lipinski definition) is 3. The first kappa shape index (κ1) is 88.0. The Hall–Kier alpha value is -9.39. The van der Waals surface area contributed by atoms with Crippen molar-refractivity contribution in [2.45, 2.75) is 193 Å². The molecule has 0 bridgehead atoms. The lowest BCUT2D eigenvalue weighted by atomic mass is 9.74. The number of nitrogens with zero attached hydrogens (tertiary/aromatic N) is 9. The number of hydrogen-bond acceptors (Lipinski definition) is 17. The maximum absolute atomic E-state index is 12.9. The van der Waals surface area contributed by atoms with Gasteiger partial charge in [0.15, 0.2) is 23.1 Å². The maximum Gasteiger partial charge on any atom is 0.433 e. The van der Waals surface area contributed by atoms with Crippen LogP contribution >= 0.6 is 23.2 Å². The molecule has 15 rings (SSSR count). The molecule has 21 nitrogen and oxygen atoms in total. The number of Topliss-reactive ketones (excluding diaryl/α,β-unsaturated/α-hetero) is 4. The van der Waals surface area contributed by atoms with Crippen LogP contribution in [0.15, 0.2) is 110 Å². The molecule has 0 spiro atoms. The number of fused-ring (bicyclic) bond motifs is 3. The predicted molar refractivity (Wildman–Crippen MR) is 408 cm³/mol. The number of carboxylic acids is 1. The Balaban J connectivity index is 0.000000158. The van der Waals surface area contributed by atoms with Crippen molar-refractivity contribution in [3.63, 3.8) is 0 Å². The zero-order valence-corrected chi connectivity index (χ0v) is 66.0. The normalized spacial score (nSPS) is 22.5. The number of ether oxygens (including phenoxy) is 3. The molecule has 6 aliphatic rings. The van der Waals surface area contributed by atoms with Gasteiger partial charge in [-0.2, -0.15) is 39.5 Å². The molecule has 618 valence electrons. The molecule has 0 unspecified atom stereocenters. The molecule has 9 heterocycles. The number of rotatable bonds is 22. The lowest BCUT2D eigenvalue weighted by Crippen LogP contribution is -2.29. The van der Waals surface area contributed by atoms with Gasteiger partial charge in [0.05, 0.1) is 60.9 Å². The standard InChI is InChI=1S/C22H22F3N3O2.2C21H20F3N3O3.C7H11ClO.C6H9ClO.C6H10O2/c1-3-30-19-10-21-27-17(14-7-13(2)8-14)12-28(21)11-15(19)9-18(29)16-5-4-6-20(26-16)22(23,24)25;2*1-2-30-18-9-20-26-16(12-6-14(28)7-12)11-27(20)10-13(18)8-17(29)15-4-3-5-19(25-15)21(22,23)24;1-5-2-6(3-5)7(9)4-8;2*1-4-2-5(3-4)6(7)8/h4-6,10-14H,3,7-9H2,1-2H3;2*3-5,9-12,14,28H,2,6-8H2,1H3;5-6H,2-4H2,1H3;4-5H,2-3H2,1H3;4-5H,2-3H2,1H3,(H,7,8). The number of carboxylic acid groups (broad SMARTS) is 1. The van der Waals surface area contributed by atoms with E-state index in [4.69, 9.17) is 42.5 Å². The number of carbonyl (C=O) groups excluding carboxylic acids is 5. The van der Waals surface area contributed by atoms with Crippen molar-refractivity contribution in [1.82, 2.24) is 43.1 Å². The van der Waals surface area contributed by atoms with E-state index < -0.39 is 58.9 Å². The molecule has 3 N–H and O–H groups in total. The molecule has 0 radical (unpaired) electrons. The summed E-state index contributed by atoms with van der Waals surface area (Å²) in [5.74, 6) is 3.76. The van der Waals surface area contributed by atoms with Gasteiger partial charge in [-0.3, -0.25) is 28.8 Å². The molecule has 0 amide bonds. The van der Waals surface area contributed by atoms with E-state index in [1.165, 1.54) is 36.4 Å². The summed E-state index contributed by atoms with van der Waals surface area (Å²) in [7, 11) is 0. The first-order valence-corrected chi connectivity index (χ1v) is 39.3. The number of ketones is 4. The van der Waals surface area contributed by atoms with Crippen LogP contribution in [0.2, 0.25) is 0 Å². The second-order valence-corrected chi connectivity index (χ2v) is 31.2. The molecule has 0 aromatic carbocycles. The third kappa shape index (κ3) is 23.3. The van der Waals surface area contributed by atoms with Gasteiger partial charge in [0.25, 0.3) is 0 Å². The summed E-state index contributed by atoms with van der Waals surface area (Å²) in [6, 6.07) is 15.1. The van der Waals surface area contributed by atoms with Crippen LogP contribution in [0, 0.1) is 41.4 Å². The molecule has 0 saturated heterocycles. The second kappa shape index (κ2) is 38.1. The lowest BCUT2D eigenvalue weighted by Gasteiger charge is -2.31. The molecule has 32 heteroatoms. The van der Waals surface area contributed by atoms with E-state index >= 15 is 0 Å². The van der Waals surface area contributed by atoms with E-state index in [1.54, 1.807) is 59.4 Å². The molecule has 0 atom stereocenters. The van der Waals surface area contributed by atoms with Gasteiger partial charge in [-0.1, -0.05) is 45.9 Å². The Morgan fingerprint density at radius 3 is 0.948 bits per heavy atom. The van der Waals surface area contributed by atoms with Gasteiger partial charge in [-0.15, -0.1) is 11.6 Å². The van der Waals surface area contributed by atoms with Crippen molar-refractivity contribution < 1.29 is 97.8 Å². The molecule has 9 aromatic rings. The van der Waals surface area contributed by atoms with Gasteiger partial charge in [-0.05, 0) is 169 Å². The zero-order valence-electron chi connectivity index (χ0n) is 64.5. The fourth-order valence-corrected chi connectivity index (χ4v) is 14.8. The minimum Gasteiger partial charge on any atom is -0.493 e. The third-order valence-electron chi connectivity index (χ3n) is 21.1. The van der Waals surface area contributed by atoms with Crippen molar-refractivity contribution >= 4 is 74.5 Å². The van der Waals surface area contributed by atoms with Crippen LogP contribution in [0.1, 0.15) is 226 Å². The molecule has 6 saturated carbocycles. The molecule has 6 aliphatic carbocycles. The summed E-state index contributed by atoms with van der Waals surface area (Å²) in [5, 5.41) is 27.2. The van der Waals surface area contributed by atoms with Gasteiger partial charge in [0.2, 0.25) is 5.24 Å². The number of imidazole rings is 3. The smallest absolute Gasteiger partial charge is 0.433 e. The number of aliphatic hydroxyl groups is 2. The third-order valence-corrected chi connectivity index (χ3v) is 21.7. The topological polar surface area (TPSA) is 281 Å². The van der Waals surface area contributed by atoms with Crippen molar-refractivity contribution in [3.05, 3.63) is 178 Å². The summed E-state index contributed by atoms with van der Waals surface area (Å²) in [4.78, 5) is 93.5. The average Bonchev–Trinajstić information content (AvgIpc) is 1.65. The molecule has 0 aliphatic heterocycles. The van der Waals surface area contributed by atoms with Crippen LogP contribution in [0.5, 0.6) is 17.2 Å². The highest BCUT2D eigenvalue weighted by Crippen LogP contribution is 2.43. The highest BCUT2D eigenvalue weighted by molar-refractivity contribution is 6.64. The molecule has 6 fully saturated rings. The Labute approximate surface area is 667 Å². The molecular formula is C83H92Cl2F9N9O12. The Bertz CT molecular complexity index is 4480. The number of pyridine rings is 6. The minimum atomic E-state index is -4.62. The highest BCUT2D eigenvalue weighted by atomic mass is 35.5. The second-order valence-electron chi connectivity index (χ2n) is 30.6. The van der Waals surface area contributed by atoms with Gasteiger partial charge in [-0.25, -0.2) is 29.9 Å². The van der Waals surface area contributed by atoms with Gasteiger partial charge < -0.3 is 42.7 Å².